The molecule has 0 heterocycles. The third-order valence-electron chi connectivity index (χ3n) is 4.21. The molecule has 0 spiro atoms. The van der Waals surface area contributed by atoms with E-state index in [-0.39, 0.29) is 17.9 Å². The Hall–Kier alpha value is -1.35. The van der Waals surface area contributed by atoms with E-state index in [9.17, 15) is 4.79 Å². The van der Waals surface area contributed by atoms with Crippen LogP contribution in [0.25, 0.3) is 0 Å². The maximum Gasteiger partial charge on any atom is 0.230 e. The number of hydrogen-bond donors (Lipinski definition) is 2. The van der Waals surface area contributed by atoms with Crippen molar-refractivity contribution in [3.63, 3.8) is 0 Å². The van der Waals surface area contributed by atoms with E-state index >= 15 is 0 Å². The maximum absolute atomic E-state index is 12.7. The van der Waals surface area contributed by atoms with E-state index in [2.05, 4.69) is 19.2 Å². The smallest absolute Gasteiger partial charge is 0.230 e. The molecule has 1 fully saturated rings. The van der Waals surface area contributed by atoms with Crippen molar-refractivity contribution in [2.24, 2.45) is 11.3 Å². The van der Waals surface area contributed by atoms with Crippen molar-refractivity contribution in [2.45, 2.75) is 52.6 Å². The molecule has 0 atom stereocenters. The zero-order valence-electron chi connectivity index (χ0n) is 12.5. The van der Waals surface area contributed by atoms with Crippen LogP contribution >= 0.6 is 0 Å². The van der Waals surface area contributed by atoms with Gasteiger partial charge in [-0.05, 0) is 42.9 Å². The first kappa shape index (κ1) is 15.0. The molecule has 0 aromatic heterocycles. The molecule has 3 nitrogen and oxygen atoms in total. The summed E-state index contributed by atoms with van der Waals surface area (Å²) in [6, 6.07) is 7.45. The summed E-state index contributed by atoms with van der Waals surface area (Å²) < 4.78 is 0. The Labute approximate surface area is 121 Å². The molecule has 0 saturated heterocycles. The highest BCUT2D eigenvalue weighted by atomic mass is 16.3. The minimum Gasteiger partial charge on any atom is -0.392 e. The zero-order chi connectivity index (χ0) is 14.6. The molecule has 1 aliphatic rings. The fourth-order valence-corrected chi connectivity index (χ4v) is 3.37. The topological polar surface area (TPSA) is 49.3 Å². The van der Waals surface area contributed by atoms with E-state index < -0.39 is 0 Å². The Bertz CT molecular complexity index is 462. The van der Waals surface area contributed by atoms with E-state index in [1.165, 1.54) is 0 Å². The van der Waals surface area contributed by atoms with Crippen LogP contribution in [-0.4, -0.2) is 11.0 Å². The molecular formula is C17H25NO2. The zero-order valence-corrected chi connectivity index (χ0v) is 12.5. The summed E-state index contributed by atoms with van der Waals surface area (Å²) in [7, 11) is 0. The largest absolute Gasteiger partial charge is 0.392 e. The standard InChI is InChI=1S/C17H25NO2/c1-13(2)11-17(8-3-4-9-17)16(20)18-15-7-5-6-14(10-15)12-19/h5-7,10,13,19H,3-4,8-9,11-12H2,1-2H3,(H,18,20). The highest BCUT2D eigenvalue weighted by Gasteiger charge is 2.41. The van der Waals surface area contributed by atoms with Gasteiger partial charge < -0.3 is 10.4 Å². The van der Waals surface area contributed by atoms with Gasteiger partial charge in [-0.25, -0.2) is 0 Å². The lowest BCUT2D eigenvalue weighted by molar-refractivity contribution is -0.126. The maximum atomic E-state index is 12.7. The third-order valence-corrected chi connectivity index (χ3v) is 4.21. The lowest BCUT2D eigenvalue weighted by Gasteiger charge is -2.29. The lowest BCUT2D eigenvalue weighted by atomic mass is 9.77. The molecule has 0 bridgehead atoms. The van der Waals surface area contributed by atoms with Crippen LogP contribution in [0.5, 0.6) is 0 Å². The summed E-state index contributed by atoms with van der Waals surface area (Å²) >= 11 is 0. The quantitative estimate of drug-likeness (QED) is 0.860. The van der Waals surface area contributed by atoms with Crippen LogP contribution in [-0.2, 0) is 11.4 Å². The fraction of sp³-hybridized carbons (Fsp3) is 0.588. The second-order valence-corrected chi connectivity index (χ2v) is 6.40. The number of benzene rings is 1. The van der Waals surface area contributed by atoms with Crippen LogP contribution in [0.4, 0.5) is 5.69 Å². The number of aliphatic hydroxyl groups is 1. The van der Waals surface area contributed by atoms with Gasteiger partial charge in [0.2, 0.25) is 5.91 Å². The summed E-state index contributed by atoms with van der Waals surface area (Å²) in [6.07, 6.45) is 5.25. The van der Waals surface area contributed by atoms with Crippen LogP contribution in [0.3, 0.4) is 0 Å². The van der Waals surface area contributed by atoms with Crippen molar-refractivity contribution in [1.29, 1.82) is 0 Å². The predicted octanol–water partition coefficient (Wildman–Crippen LogP) is 3.72. The first-order chi connectivity index (χ1) is 9.55. The van der Waals surface area contributed by atoms with Crippen LogP contribution < -0.4 is 5.32 Å². The molecule has 2 N–H and O–H groups in total. The van der Waals surface area contributed by atoms with Crippen molar-refractivity contribution < 1.29 is 9.90 Å². The average molecular weight is 275 g/mol. The predicted molar refractivity (Wildman–Crippen MR) is 81.4 cm³/mol. The fourth-order valence-electron chi connectivity index (χ4n) is 3.37. The average Bonchev–Trinajstić information content (AvgIpc) is 2.88. The first-order valence-electron chi connectivity index (χ1n) is 7.57. The summed E-state index contributed by atoms with van der Waals surface area (Å²) in [5, 5.41) is 12.2. The molecule has 0 radical (unpaired) electrons. The third kappa shape index (κ3) is 3.40. The van der Waals surface area contributed by atoms with E-state index in [0.29, 0.717) is 5.92 Å². The second-order valence-electron chi connectivity index (χ2n) is 6.40. The lowest BCUT2D eigenvalue weighted by Crippen LogP contribution is -2.35. The summed E-state index contributed by atoms with van der Waals surface area (Å²) in [5.41, 5.74) is 1.42. The highest BCUT2D eigenvalue weighted by molar-refractivity contribution is 5.95. The van der Waals surface area contributed by atoms with E-state index in [0.717, 1.165) is 43.4 Å². The summed E-state index contributed by atoms with van der Waals surface area (Å²) in [4.78, 5) is 12.7. The minimum absolute atomic E-state index is 0.000841. The van der Waals surface area contributed by atoms with Gasteiger partial charge in [0, 0.05) is 11.1 Å². The molecule has 0 aliphatic heterocycles. The summed E-state index contributed by atoms with van der Waals surface area (Å²) in [5.74, 6) is 0.682. The first-order valence-corrected chi connectivity index (χ1v) is 7.57. The number of amides is 1. The number of carbonyl (C=O) groups is 1. The van der Waals surface area contributed by atoms with Crippen molar-refractivity contribution in [3.05, 3.63) is 29.8 Å². The molecule has 110 valence electrons. The Morgan fingerprint density at radius 3 is 2.65 bits per heavy atom. The van der Waals surface area contributed by atoms with Crippen LogP contribution in [0.1, 0.15) is 51.5 Å². The number of aliphatic hydroxyl groups excluding tert-OH is 1. The van der Waals surface area contributed by atoms with E-state index in [4.69, 9.17) is 5.11 Å². The molecular weight excluding hydrogens is 250 g/mol. The Kier molecular flexibility index (Phi) is 4.81. The molecule has 1 aromatic rings. The summed E-state index contributed by atoms with van der Waals surface area (Å²) in [6.45, 7) is 4.36. The SMILES string of the molecule is CC(C)CC1(C(=O)Nc2cccc(CO)c2)CCCC1. The van der Waals surface area contributed by atoms with Crippen molar-refractivity contribution in [3.8, 4) is 0 Å². The van der Waals surface area contributed by atoms with Crippen LogP contribution in [0, 0.1) is 11.3 Å². The molecule has 20 heavy (non-hydrogen) atoms. The second kappa shape index (κ2) is 6.40. The Morgan fingerprint density at radius 2 is 2.05 bits per heavy atom. The Balaban J connectivity index is 2.12. The van der Waals surface area contributed by atoms with Crippen LogP contribution in [0.2, 0.25) is 0 Å². The van der Waals surface area contributed by atoms with Gasteiger partial charge >= 0.3 is 0 Å². The van der Waals surface area contributed by atoms with Gasteiger partial charge in [0.25, 0.3) is 0 Å². The van der Waals surface area contributed by atoms with Gasteiger partial charge in [-0.1, -0.05) is 38.8 Å². The molecule has 1 saturated carbocycles. The molecule has 1 amide bonds. The van der Waals surface area contributed by atoms with Crippen molar-refractivity contribution in [2.75, 3.05) is 5.32 Å². The van der Waals surface area contributed by atoms with E-state index in [1.807, 2.05) is 24.3 Å². The number of nitrogens with one attached hydrogen (secondary N) is 1. The molecule has 0 unspecified atom stereocenters. The number of anilines is 1. The van der Waals surface area contributed by atoms with Gasteiger partial charge in [-0.3, -0.25) is 4.79 Å². The van der Waals surface area contributed by atoms with Gasteiger partial charge in [-0.15, -0.1) is 0 Å². The highest BCUT2D eigenvalue weighted by Crippen LogP contribution is 2.44. The number of rotatable bonds is 5. The van der Waals surface area contributed by atoms with Crippen LogP contribution in [0.15, 0.2) is 24.3 Å². The minimum atomic E-state index is -0.191. The monoisotopic (exact) mass is 275 g/mol. The van der Waals surface area contributed by atoms with Crippen molar-refractivity contribution in [1.82, 2.24) is 0 Å². The van der Waals surface area contributed by atoms with Gasteiger partial charge in [0.1, 0.15) is 0 Å². The molecule has 1 aromatic carbocycles. The molecule has 3 heteroatoms. The van der Waals surface area contributed by atoms with Gasteiger partial charge in [0.15, 0.2) is 0 Å². The number of hydrogen-bond acceptors (Lipinski definition) is 2. The van der Waals surface area contributed by atoms with Crippen molar-refractivity contribution >= 4 is 11.6 Å². The van der Waals surface area contributed by atoms with Gasteiger partial charge in [0.05, 0.1) is 6.61 Å². The Morgan fingerprint density at radius 1 is 1.35 bits per heavy atom. The molecule has 2 rings (SSSR count). The number of carbonyl (C=O) groups excluding carboxylic acids is 1. The van der Waals surface area contributed by atoms with E-state index in [1.54, 1.807) is 0 Å². The van der Waals surface area contributed by atoms with Gasteiger partial charge in [-0.2, -0.15) is 0 Å². The molecule has 1 aliphatic carbocycles. The normalized spacial score (nSPS) is 17.4.